The minimum Gasteiger partial charge on any atom is -0.336 e. The molecule has 0 aliphatic carbocycles. The molecule has 1 aromatic heterocycles. The minimum absolute atomic E-state index is 0. The van der Waals surface area contributed by atoms with Crippen LogP contribution in [-0.2, 0) is 6.18 Å². The molecule has 0 bridgehead atoms. The molecule has 0 saturated carbocycles. The van der Waals surface area contributed by atoms with Crippen molar-refractivity contribution >= 4 is 18.3 Å². The quantitative estimate of drug-likeness (QED) is 0.671. The smallest absolute Gasteiger partial charge is 0.336 e. The number of carbonyl (C=O) groups is 1. The van der Waals surface area contributed by atoms with Gasteiger partial charge in [0.05, 0.1) is 5.56 Å². The Morgan fingerprint density at radius 2 is 1.57 bits per heavy atom. The molecule has 1 N–H and O–H groups in total. The maximum Gasteiger partial charge on any atom is 0.416 e. The molecule has 6 nitrogen and oxygen atoms in total. The second-order valence-corrected chi connectivity index (χ2v) is 6.62. The van der Waals surface area contributed by atoms with Crippen LogP contribution >= 0.6 is 12.4 Å². The van der Waals surface area contributed by atoms with Crippen LogP contribution in [-0.4, -0.2) is 47.1 Å². The third kappa shape index (κ3) is 4.63. The van der Waals surface area contributed by atoms with Gasteiger partial charge in [0, 0.05) is 42.9 Å². The van der Waals surface area contributed by atoms with Crippen LogP contribution in [0.1, 0.15) is 15.9 Å². The van der Waals surface area contributed by atoms with Crippen LogP contribution in [0.2, 0.25) is 0 Å². The third-order valence-corrected chi connectivity index (χ3v) is 4.68. The average Bonchev–Trinajstić information content (AvgIpc) is 3.24. The highest BCUT2D eigenvalue weighted by atomic mass is 35.5. The predicted molar refractivity (Wildman–Crippen MR) is 106 cm³/mol. The summed E-state index contributed by atoms with van der Waals surface area (Å²) in [5.74, 6) is 0.379. The molecule has 2 heterocycles. The maximum absolute atomic E-state index is 12.7. The number of alkyl halides is 3. The van der Waals surface area contributed by atoms with Gasteiger partial charge >= 0.3 is 6.18 Å². The Morgan fingerprint density at radius 1 is 0.967 bits per heavy atom. The number of rotatable bonds is 3. The first-order chi connectivity index (χ1) is 13.9. The number of hydrogen-bond donors (Lipinski definition) is 1. The number of piperazine rings is 1. The lowest BCUT2D eigenvalue weighted by molar-refractivity contribution is -0.137. The van der Waals surface area contributed by atoms with E-state index >= 15 is 0 Å². The van der Waals surface area contributed by atoms with Crippen molar-refractivity contribution in [1.82, 2.24) is 20.4 Å². The van der Waals surface area contributed by atoms with Crippen LogP contribution in [0.15, 0.2) is 53.1 Å². The molecule has 30 heavy (non-hydrogen) atoms. The summed E-state index contributed by atoms with van der Waals surface area (Å²) in [4.78, 5) is 18.5. The molecule has 4 rings (SSSR count). The number of carbonyl (C=O) groups excluding carboxylic acids is 1. The van der Waals surface area contributed by atoms with Crippen LogP contribution < -0.4 is 5.32 Å². The van der Waals surface area contributed by atoms with E-state index in [0.29, 0.717) is 29.8 Å². The van der Waals surface area contributed by atoms with Gasteiger partial charge in [0.1, 0.15) is 0 Å². The predicted octanol–water partition coefficient (Wildman–Crippen LogP) is 3.89. The van der Waals surface area contributed by atoms with Crippen molar-refractivity contribution in [3.63, 3.8) is 0 Å². The van der Waals surface area contributed by atoms with Gasteiger partial charge in [0.15, 0.2) is 0 Å². The van der Waals surface area contributed by atoms with Gasteiger partial charge in [-0.15, -0.1) is 12.4 Å². The fourth-order valence-electron chi connectivity index (χ4n) is 3.07. The van der Waals surface area contributed by atoms with Gasteiger partial charge in [-0.2, -0.15) is 18.2 Å². The lowest BCUT2D eigenvalue weighted by Gasteiger charge is -2.27. The molecule has 1 fully saturated rings. The summed E-state index contributed by atoms with van der Waals surface area (Å²) < 4.78 is 43.3. The molecule has 1 amide bonds. The SMILES string of the molecule is Cl.O=C(c1ccc(-c2nc(-c3ccc(C(F)(F)F)cc3)no2)cc1)N1CCNCC1. The Morgan fingerprint density at radius 3 is 2.17 bits per heavy atom. The molecule has 0 unspecified atom stereocenters. The molecule has 3 aromatic rings. The minimum atomic E-state index is -4.40. The summed E-state index contributed by atoms with van der Waals surface area (Å²) in [6.45, 7) is 2.89. The number of hydrogen-bond acceptors (Lipinski definition) is 5. The van der Waals surface area contributed by atoms with E-state index in [1.165, 1.54) is 12.1 Å². The number of nitrogens with zero attached hydrogens (tertiary/aromatic N) is 3. The highest BCUT2D eigenvalue weighted by Crippen LogP contribution is 2.31. The van der Waals surface area contributed by atoms with Crippen LogP contribution in [0.25, 0.3) is 22.8 Å². The molecular formula is C20H18ClF3N4O2. The second kappa shape index (κ2) is 8.85. The van der Waals surface area contributed by atoms with Crippen molar-refractivity contribution in [2.24, 2.45) is 0 Å². The van der Waals surface area contributed by atoms with Crippen molar-refractivity contribution < 1.29 is 22.5 Å². The van der Waals surface area contributed by atoms with Crippen molar-refractivity contribution in [2.45, 2.75) is 6.18 Å². The van der Waals surface area contributed by atoms with E-state index < -0.39 is 11.7 Å². The van der Waals surface area contributed by atoms with Gasteiger partial charge < -0.3 is 14.7 Å². The molecule has 2 aromatic carbocycles. The Hall–Kier alpha value is -2.91. The van der Waals surface area contributed by atoms with Crippen molar-refractivity contribution in [2.75, 3.05) is 26.2 Å². The van der Waals surface area contributed by atoms with E-state index in [0.717, 1.165) is 25.2 Å². The highest BCUT2D eigenvalue weighted by Gasteiger charge is 2.30. The first-order valence-electron chi connectivity index (χ1n) is 9.03. The topological polar surface area (TPSA) is 71.3 Å². The van der Waals surface area contributed by atoms with Crippen molar-refractivity contribution in [1.29, 1.82) is 0 Å². The first kappa shape index (κ1) is 21.8. The standard InChI is InChI=1S/C20H17F3N4O2.ClH/c21-20(22,23)16-7-5-13(6-8-16)17-25-18(29-26-17)14-1-3-15(4-2-14)19(28)27-11-9-24-10-12-27;/h1-8,24H,9-12H2;1H. The van der Waals surface area contributed by atoms with Gasteiger partial charge in [-0.3, -0.25) is 4.79 Å². The van der Waals surface area contributed by atoms with Gasteiger partial charge in [-0.05, 0) is 36.4 Å². The van der Waals surface area contributed by atoms with E-state index in [2.05, 4.69) is 15.5 Å². The van der Waals surface area contributed by atoms with E-state index in [9.17, 15) is 18.0 Å². The van der Waals surface area contributed by atoms with E-state index in [4.69, 9.17) is 4.52 Å². The Balaban J connectivity index is 0.00000256. The summed E-state index contributed by atoms with van der Waals surface area (Å²) >= 11 is 0. The number of benzene rings is 2. The van der Waals surface area contributed by atoms with Crippen LogP contribution in [0.4, 0.5) is 13.2 Å². The number of amides is 1. The van der Waals surface area contributed by atoms with Crippen LogP contribution in [0, 0.1) is 0 Å². The Bertz CT molecular complexity index is 998. The van der Waals surface area contributed by atoms with Gasteiger partial charge in [0.25, 0.3) is 11.8 Å². The summed E-state index contributed by atoms with van der Waals surface area (Å²) in [7, 11) is 0. The van der Waals surface area contributed by atoms with Gasteiger partial charge in [-0.25, -0.2) is 0 Å². The van der Waals surface area contributed by atoms with Crippen LogP contribution in [0.3, 0.4) is 0 Å². The first-order valence-corrected chi connectivity index (χ1v) is 9.03. The molecule has 1 saturated heterocycles. The molecule has 0 atom stereocenters. The lowest BCUT2D eigenvalue weighted by atomic mass is 10.1. The summed E-state index contributed by atoms with van der Waals surface area (Å²) in [6, 6.07) is 11.4. The number of aromatic nitrogens is 2. The fourth-order valence-corrected chi connectivity index (χ4v) is 3.07. The van der Waals surface area contributed by atoms with E-state index in [1.807, 2.05) is 0 Å². The lowest BCUT2D eigenvalue weighted by Crippen LogP contribution is -2.46. The highest BCUT2D eigenvalue weighted by molar-refractivity contribution is 5.94. The number of halogens is 4. The van der Waals surface area contributed by atoms with E-state index in [-0.39, 0.29) is 30.0 Å². The van der Waals surface area contributed by atoms with E-state index in [1.54, 1.807) is 29.2 Å². The molecule has 158 valence electrons. The van der Waals surface area contributed by atoms with Gasteiger partial charge in [0.2, 0.25) is 5.82 Å². The maximum atomic E-state index is 12.7. The van der Waals surface area contributed by atoms with Gasteiger partial charge in [-0.1, -0.05) is 17.3 Å². The molecule has 10 heteroatoms. The van der Waals surface area contributed by atoms with Crippen LogP contribution in [0.5, 0.6) is 0 Å². The molecule has 0 radical (unpaired) electrons. The Kier molecular flexibility index (Phi) is 6.42. The molecule has 1 aliphatic heterocycles. The normalized spacial score (nSPS) is 14.3. The molecule has 0 spiro atoms. The summed E-state index contributed by atoms with van der Waals surface area (Å²) in [6.07, 6.45) is -4.40. The monoisotopic (exact) mass is 438 g/mol. The average molecular weight is 439 g/mol. The summed E-state index contributed by atoms with van der Waals surface area (Å²) in [5.41, 5.74) is 0.860. The van der Waals surface area contributed by atoms with Crippen molar-refractivity contribution in [3.8, 4) is 22.8 Å². The summed E-state index contributed by atoms with van der Waals surface area (Å²) in [5, 5.41) is 7.04. The molecule has 1 aliphatic rings. The largest absolute Gasteiger partial charge is 0.416 e. The second-order valence-electron chi connectivity index (χ2n) is 6.62. The third-order valence-electron chi connectivity index (χ3n) is 4.68. The number of nitrogens with one attached hydrogen (secondary N) is 1. The molecular weight excluding hydrogens is 421 g/mol. The Labute approximate surface area is 176 Å². The zero-order valence-corrected chi connectivity index (χ0v) is 16.5. The fraction of sp³-hybridized carbons (Fsp3) is 0.250. The van der Waals surface area contributed by atoms with Crippen molar-refractivity contribution in [3.05, 3.63) is 59.7 Å². The zero-order valence-electron chi connectivity index (χ0n) is 15.6. The zero-order chi connectivity index (χ0) is 20.4.